The summed E-state index contributed by atoms with van der Waals surface area (Å²) in [6, 6.07) is 3.83. The first kappa shape index (κ1) is 9.78. The molecule has 0 unspecified atom stereocenters. The molecule has 0 amide bonds. The van der Waals surface area contributed by atoms with Crippen LogP contribution in [0.1, 0.15) is 32.2 Å². The SMILES string of the molecule is Cn1nccc1C(=O)c1cc2c(s1)CCC2. The van der Waals surface area contributed by atoms with Gasteiger partial charge in [0.2, 0.25) is 5.78 Å². The van der Waals surface area contributed by atoms with Gasteiger partial charge in [-0.1, -0.05) is 0 Å². The third-order valence-electron chi connectivity index (χ3n) is 3.02. The van der Waals surface area contributed by atoms with Crippen LogP contribution in [0.3, 0.4) is 0 Å². The molecule has 0 saturated heterocycles. The predicted octanol–water partition coefficient (Wildman–Crippen LogP) is 2.20. The number of aryl methyl sites for hydroxylation is 3. The normalized spacial score (nSPS) is 14.1. The van der Waals surface area contributed by atoms with E-state index in [4.69, 9.17) is 0 Å². The number of fused-ring (bicyclic) bond motifs is 1. The lowest BCUT2D eigenvalue weighted by molar-refractivity contribution is 0.103. The quantitative estimate of drug-likeness (QED) is 0.744. The second kappa shape index (κ2) is 3.56. The molecule has 1 aliphatic rings. The fourth-order valence-corrected chi connectivity index (χ4v) is 3.37. The van der Waals surface area contributed by atoms with E-state index in [-0.39, 0.29) is 5.78 Å². The molecule has 16 heavy (non-hydrogen) atoms. The van der Waals surface area contributed by atoms with Crippen LogP contribution in [0.15, 0.2) is 18.3 Å². The van der Waals surface area contributed by atoms with E-state index in [2.05, 4.69) is 11.2 Å². The van der Waals surface area contributed by atoms with Gasteiger partial charge in [-0.2, -0.15) is 5.10 Å². The number of thiophene rings is 1. The fraction of sp³-hybridized carbons (Fsp3) is 0.333. The Bertz CT molecular complexity index is 532. The molecule has 2 aromatic heterocycles. The average Bonchev–Trinajstić information content (AvgIpc) is 2.89. The summed E-state index contributed by atoms with van der Waals surface area (Å²) in [6.45, 7) is 0. The smallest absolute Gasteiger partial charge is 0.220 e. The summed E-state index contributed by atoms with van der Waals surface area (Å²) >= 11 is 1.65. The van der Waals surface area contributed by atoms with Crippen LogP contribution in [0.25, 0.3) is 0 Å². The van der Waals surface area contributed by atoms with Gasteiger partial charge in [-0.15, -0.1) is 11.3 Å². The molecule has 0 aromatic carbocycles. The number of carbonyl (C=O) groups is 1. The number of carbonyl (C=O) groups excluding carboxylic acids is 1. The van der Waals surface area contributed by atoms with Crippen molar-refractivity contribution >= 4 is 17.1 Å². The van der Waals surface area contributed by atoms with Crippen molar-refractivity contribution in [2.75, 3.05) is 0 Å². The van der Waals surface area contributed by atoms with Gasteiger partial charge in [0.1, 0.15) is 5.69 Å². The first-order valence-corrected chi connectivity index (χ1v) is 6.21. The van der Waals surface area contributed by atoms with Crippen molar-refractivity contribution in [2.45, 2.75) is 19.3 Å². The summed E-state index contributed by atoms with van der Waals surface area (Å²) in [5.41, 5.74) is 2.04. The van der Waals surface area contributed by atoms with Crippen molar-refractivity contribution in [2.24, 2.45) is 7.05 Å². The molecule has 82 valence electrons. The first-order valence-electron chi connectivity index (χ1n) is 5.40. The number of rotatable bonds is 2. The lowest BCUT2D eigenvalue weighted by Gasteiger charge is -1.98. The molecule has 2 heterocycles. The Hall–Kier alpha value is -1.42. The summed E-state index contributed by atoms with van der Waals surface area (Å²) in [5, 5.41) is 4.03. The molecule has 1 aliphatic carbocycles. The lowest BCUT2D eigenvalue weighted by atomic mass is 10.2. The molecule has 0 radical (unpaired) electrons. The zero-order valence-corrected chi connectivity index (χ0v) is 9.88. The van der Waals surface area contributed by atoms with E-state index in [0.717, 1.165) is 17.7 Å². The third kappa shape index (κ3) is 1.41. The van der Waals surface area contributed by atoms with Crippen LogP contribution < -0.4 is 0 Å². The zero-order chi connectivity index (χ0) is 11.1. The third-order valence-corrected chi connectivity index (χ3v) is 4.26. The van der Waals surface area contributed by atoms with Gasteiger partial charge in [-0.25, -0.2) is 0 Å². The summed E-state index contributed by atoms with van der Waals surface area (Å²) in [4.78, 5) is 14.4. The number of nitrogens with zero attached hydrogens (tertiary/aromatic N) is 2. The van der Waals surface area contributed by atoms with Crippen molar-refractivity contribution in [3.05, 3.63) is 39.3 Å². The van der Waals surface area contributed by atoms with Gasteiger partial charge < -0.3 is 0 Å². The molecule has 2 aromatic rings. The lowest BCUT2D eigenvalue weighted by Crippen LogP contribution is -2.06. The predicted molar refractivity (Wildman–Crippen MR) is 63.0 cm³/mol. The Balaban J connectivity index is 1.98. The molecule has 0 N–H and O–H groups in total. The van der Waals surface area contributed by atoms with Crippen molar-refractivity contribution in [3.8, 4) is 0 Å². The topological polar surface area (TPSA) is 34.9 Å². The fourth-order valence-electron chi connectivity index (χ4n) is 2.16. The van der Waals surface area contributed by atoms with Crippen LogP contribution in [0.2, 0.25) is 0 Å². The van der Waals surface area contributed by atoms with Crippen molar-refractivity contribution in [1.82, 2.24) is 9.78 Å². The largest absolute Gasteiger partial charge is 0.286 e. The minimum atomic E-state index is 0.0967. The maximum Gasteiger partial charge on any atom is 0.220 e. The van der Waals surface area contributed by atoms with Crippen molar-refractivity contribution in [3.63, 3.8) is 0 Å². The molecular weight excluding hydrogens is 220 g/mol. The highest BCUT2D eigenvalue weighted by molar-refractivity contribution is 7.14. The van der Waals surface area contributed by atoms with Gasteiger partial charge in [0, 0.05) is 18.1 Å². The zero-order valence-electron chi connectivity index (χ0n) is 9.06. The Kier molecular flexibility index (Phi) is 2.17. The van der Waals surface area contributed by atoms with E-state index in [1.165, 1.54) is 16.9 Å². The Morgan fingerprint density at radius 1 is 1.50 bits per heavy atom. The molecule has 0 bridgehead atoms. The monoisotopic (exact) mass is 232 g/mol. The van der Waals surface area contributed by atoms with E-state index < -0.39 is 0 Å². The maximum absolute atomic E-state index is 12.2. The molecular formula is C12H12N2OS. The van der Waals surface area contributed by atoms with Gasteiger partial charge in [-0.3, -0.25) is 9.48 Å². The Labute approximate surface area is 97.7 Å². The highest BCUT2D eigenvalue weighted by atomic mass is 32.1. The van der Waals surface area contributed by atoms with Gasteiger partial charge in [0.25, 0.3) is 0 Å². The van der Waals surface area contributed by atoms with Crippen LogP contribution in [-0.4, -0.2) is 15.6 Å². The van der Waals surface area contributed by atoms with E-state index in [1.807, 2.05) is 0 Å². The highest BCUT2D eigenvalue weighted by Gasteiger charge is 2.20. The average molecular weight is 232 g/mol. The van der Waals surface area contributed by atoms with Gasteiger partial charge in [0.05, 0.1) is 4.88 Å². The Morgan fingerprint density at radius 3 is 3.06 bits per heavy atom. The van der Waals surface area contributed by atoms with Crippen molar-refractivity contribution in [1.29, 1.82) is 0 Å². The van der Waals surface area contributed by atoms with Gasteiger partial charge in [-0.05, 0) is 37.0 Å². The summed E-state index contributed by atoms with van der Waals surface area (Å²) in [5.74, 6) is 0.0967. The number of ketones is 1. The minimum absolute atomic E-state index is 0.0967. The van der Waals surface area contributed by atoms with E-state index in [1.54, 1.807) is 35.3 Å². The number of aromatic nitrogens is 2. The molecule has 4 heteroatoms. The summed E-state index contributed by atoms with van der Waals surface area (Å²) in [7, 11) is 1.80. The minimum Gasteiger partial charge on any atom is -0.286 e. The molecule has 0 saturated carbocycles. The first-order chi connectivity index (χ1) is 7.75. The van der Waals surface area contributed by atoms with Gasteiger partial charge >= 0.3 is 0 Å². The summed E-state index contributed by atoms with van der Waals surface area (Å²) < 4.78 is 1.63. The van der Waals surface area contributed by atoms with Gasteiger partial charge in [0.15, 0.2) is 0 Å². The summed E-state index contributed by atoms with van der Waals surface area (Å²) in [6.07, 6.45) is 5.17. The van der Waals surface area contributed by atoms with Crippen LogP contribution in [0, 0.1) is 0 Å². The van der Waals surface area contributed by atoms with Crippen molar-refractivity contribution < 1.29 is 4.79 Å². The van der Waals surface area contributed by atoms with Crippen LogP contribution in [0.4, 0.5) is 0 Å². The second-order valence-corrected chi connectivity index (χ2v) is 5.22. The molecule has 3 rings (SSSR count). The van der Waals surface area contributed by atoms with Crippen LogP contribution in [0.5, 0.6) is 0 Å². The Morgan fingerprint density at radius 2 is 2.38 bits per heavy atom. The number of hydrogen-bond acceptors (Lipinski definition) is 3. The van der Waals surface area contributed by atoms with Crippen LogP contribution >= 0.6 is 11.3 Å². The molecule has 0 atom stereocenters. The molecule has 3 nitrogen and oxygen atoms in total. The highest BCUT2D eigenvalue weighted by Crippen LogP contribution is 2.31. The molecule has 0 spiro atoms. The maximum atomic E-state index is 12.2. The number of hydrogen-bond donors (Lipinski definition) is 0. The standard InChI is InChI=1S/C12H12N2OS/c1-14-9(5-6-13-14)12(15)11-7-8-3-2-4-10(8)16-11/h5-7H,2-4H2,1H3. The van der Waals surface area contributed by atoms with E-state index in [9.17, 15) is 4.79 Å². The second-order valence-electron chi connectivity index (χ2n) is 4.08. The molecule has 0 aliphatic heterocycles. The van der Waals surface area contributed by atoms with E-state index in [0.29, 0.717) is 5.69 Å². The van der Waals surface area contributed by atoms with E-state index >= 15 is 0 Å². The van der Waals surface area contributed by atoms with Crippen LogP contribution in [-0.2, 0) is 19.9 Å². The molecule has 0 fully saturated rings.